The third kappa shape index (κ3) is 6.94. The van der Waals surface area contributed by atoms with Crippen molar-refractivity contribution in [3.63, 3.8) is 0 Å². The molecule has 1 fully saturated rings. The van der Waals surface area contributed by atoms with Crippen molar-refractivity contribution in [3.8, 4) is 23.4 Å². The Bertz CT molecular complexity index is 1730. The Morgan fingerprint density at radius 2 is 1.81 bits per heavy atom. The van der Waals surface area contributed by atoms with Crippen molar-refractivity contribution < 1.29 is 24.2 Å². The summed E-state index contributed by atoms with van der Waals surface area (Å²) < 4.78 is 12.0. The zero-order valence-electron chi connectivity index (χ0n) is 23.7. The van der Waals surface area contributed by atoms with Crippen LogP contribution in [0, 0.1) is 18.3 Å². The number of Topliss-reactive ketones (excluding diaryl/α,β-unsaturated/α-hetero) is 1. The second-order valence-electron chi connectivity index (χ2n) is 9.62. The first-order valence-electron chi connectivity index (χ1n) is 13.2. The van der Waals surface area contributed by atoms with E-state index in [4.69, 9.17) is 33.3 Å². The molecule has 0 bridgehead atoms. The van der Waals surface area contributed by atoms with E-state index in [1.54, 1.807) is 48.5 Å². The highest BCUT2D eigenvalue weighted by Crippen LogP contribution is 2.33. The molecule has 0 aliphatic carbocycles. The molecule has 1 aromatic heterocycles. The number of carbonyl (C=O) groups excluding carboxylic acids is 2. The number of thiocarbonyl (C=S) groups is 1. The van der Waals surface area contributed by atoms with Crippen LogP contribution in [0.1, 0.15) is 45.5 Å². The Balaban J connectivity index is 1.48. The number of hydrogen-bond donors (Lipinski definition) is 1. The van der Waals surface area contributed by atoms with Crippen LogP contribution in [-0.2, 0) is 17.8 Å². The molecule has 1 N–H and O–H groups in total. The number of methoxy groups -OCH3 is 2. The van der Waals surface area contributed by atoms with Gasteiger partial charge in [0.05, 0.1) is 24.7 Å². The van der Waals surface area contributed by atoms with E-state index in [-0.39, 0.29) is 48.5 Å². The van der Waals surface area contributed by atoms with Crippen LogP contribution in [0.25, 0.3) is 6.08 Å². The van der Waals surface area contributed by atoms with E-state index in [1.807, 2.05) is 6.07 Å². The summed E-state index contributed by atoms with van der Waals surface area (Å²) in [4.78, 5) is 41.3. The third-order valence-electron chi connectivity index (χ3n) is 6.98. The summed E-state index contributed by atoms with van der Waals surface area (Å²) in [5.41, 5.74) is 0.743. The van der Waals surface area contributed by atoms with E-state index in [9.17, 15) is 24.8 Å². The van der Waals surface area contributed by atoms with Gasteiger partial charge in [0.2, 0.25) is 5.88 Å². The number of aromatic nitrogens is 1. The molecule has 3 aromatic rings. The number of aryl methyl sites for hydroxylation is 1. The highest BCUT2D eigenvalue weighted by Gasteiger charge is 2.32. The minimum Gasteiger partial charge on any atom is -0.494 e. The minimum atomic E-state index is -0.681. The summed E-state index contributed by atoms with van der Waals surface area (Å²) in [5.74, 6) is -0.148. The summed E-state index contributed by atoms with van der Waals surface area (Å²) in [6.45, 7) is 1.68. The molecule has 1 aliphatic heterocycles. The van der Waals surface area contributed by atoms with Crippen LogP contribution in [0.4, 0.5) is 0 Å². The fraction of sp³-hybridized carbons (Fsp3) is 0.258. The predicted molar refractivity (Wildman–Crippen MR) is 170 cm³/mol. The van der Waals surface area contributed by atoms with Crippen LogP contribution in [0.3, 0.4) is 0 Å². The molecule has 43 heavy (non-hydrogen) atoms. The number of hydrogen-bond acceptors (Lipinski definition) is 9. The zero-order valence-corrected chi connectivity index (χ0v) is 26.1. The maximum absolute atomic E-state index is 13.3. The van der Waals surface area contributed by atoms with E-state index in [0.717, 1.165) is 15.7 Å². The Labute approximate surface area is 263 Å². The summed E-state index contributed by atoms with van der Waals surface area (Å²) in [6, 6.07) is 14.2. The van der Waals surface area contributed by atoms with Gasteiger partial charge in [-0.1, -0.05) is 53.8 Å². The number of aromatic hydroxyl groups is 1. The standard InChI is InChI=1S/C31H28ClN3O6S2/c1-18-22(17-33)28(37)34(14-12-20-8-11-24(40-2)25(15-20)41-3)30(39)27(18)23(36)5-4-13-35-29(38)26(43-31(35)42)16-19-6-9-21(32)10-7-19/h6-11,15-16,39H,4-5,12-14H2,1-3H3/b26-16-. The normalized spacial score (nSPS) is 13.8. The summed E-state index contributed by atoms with van der Waals surface area (Å²) in [5, 5.41) is 21.4. The van der Waals surface area contributed by atoms with Gasteiger partial charge in [-0.25, -0.2) is 0 Å². The molecule has 9 nitrogen and oxygen atoms in total. The molecule has 0 atom stereocenters. The van der Waals surface area contributed by atoms with Gasteiger partial charge >= 0.3 is 0 Å². The third-order valence-corrected chi connectivity index (χ3v) is 8.61. The number of amides is 1. The van der Waals surface area contributed by atoms with Gasteiger partial charge in [0, 0.05) is 24.5 Å². The number of pyridine rings is 1. The highest BCUT2D eigenvalue weighted by molar-refractivity contribution is 8.26. The maximum Gasteiger partial charge on any atom is 0.271 e. The number of halogens is 1. The van der Waals surface area contributed by atoms with Crippen molar-refractivity contribution >= 4 is 57.7 Å². The van der Waals surface area contributed by atoms with Crippen molar-refractivity contribution in [1.29, 1.82) is 5.26 Å². The number of carbonyl (C=O) groups is 2. The lowest BCUT2D eigenvalue weighted by Gasteiger charge is -2.17. The molecule has 1 aliphatic rings. The zero-order chi connectivity index (χ0) is 31.3. The number of thioether (sulfide) groups is 1. The number of rotatable bonds is 11. The summed E-state index contributed by atoms with van der Waals surface area (Å²) >= 11 is 12.5. The van der Waals surface area contributed by atoms with Crippen LogP contribution in [0.5, 0.6) is 17.4 Å². The van der Waals surface area contributed by atoms with Crippen LogP contribution >= 0.6 is 35.6 Å². The second-order valence-corrected chi connectivity index (χ2v) is 11.7. The van der Waals surface area contributed by atoms with Gasteiger partial charge in [-0.3, -0.25) is 23.9 Å². The van der Waals surface area contributed by atoms with E-state index in [2.05, 4.69) is 0 Å². The lowest BCUT2D eigenvalue weighted by Crippen LogP contribution is -2.30. The number of benzene rings is 2. The lowest BCUT2D eigenvalue weighted by atomic mass is 9.99. The van der Waals surface area contributed by atoms with Gasteiger partial charge in [0.15, 0.2) is 17.3 Å². The van der Waals surface area contributed by atoms with E-state index >= 15 is 0 Å². The van der Waals surface area contributed by atoms with E-state index in [1.165, 1.54) is 37.8 Å². The van der Waals surface area contributed by atoms with Crippen LogP contribution in [0.15, 0.2) is 52.2 Å². The molecular weight excluding hydrogens is 610 g/mol. The van der Waals surface area contributed by atoms with Crippen LogP contribution in [0.2, 0.25) is 5.02 Å². The van der Waals surface area contributed by atoms with Crippen LogP contribution < -0.4 is 15.0 Å². The fourth-order valence-corrected chi connectivity index (χ4v) is 6.13. The molecule has 0 radical (unpaired) electrons. The molecule has 1 saturated heterocycles. The summed E-state index contributed by atoms with van der Waals surface area (Å²) in [6.07, 6.45) is 2.26. The average Bonchev–Trinajstić information content (AvgIpc) is 3.25. The molecule has 2 heterocycles. The number of nitrogens with zero attached hydrogens (tertiary/aromatic N) is 3. The van der Waals surface area contributed by atoms with Gasteiger partial charge in [-0.15, -0.1) is 0 Å². The number of ether oxygens (including phenoxy) is 2. The van der Waals surface area contributed by atoms with Gasteiger partial charge in [-0.2, -0.15) is 5.26 Å². The van der Waals surface area contributed by atoms with Crippen LogP contribution in [-0.4, -0.2) is 51.3 Å². The molecule has 12 heteroatoms. The van der Waals surface area contributed by atoms with E-state index in [0.29, 0.717) is 32.2 Å². The van der Waals surface area contributed by atoms with Crippen molar-refractivity contribution in [2.45, 2.75) is 32.7 Å². The Morgan fingerprint density at radius 1 is 1.12 bits per heavy atom. The first-order valence-corrected chi connectivity index (χ1v) is 14.8. The molecule has 1 amide bonds. The van der Waals surface area contributed by atoms with Crippen molar-refractivity contribution in [3.05, 3.63) is 90.6 Å². The maximum atomic E-state index is 13.3. The predicted octanol–water partition coefficient (Wildman–Crippen LogP) is 5.51. The molecule has 4 rings (SSSR count). The second kappa shape index (κ2) is 13.9. The van der Waals surface area contributed by atoms with Gasteiger partial charge in [-0.05, 0) is 66.8 Å². The highest BCUT2D eigenvalue weighted by atomic mass is 35.5. The first kappa shape index (κ1) is 31.8. The largest absolute Gasteiger partial charge is 0.494 e. The number of ketones is 1. The minimum absolute atomic E-state index is 0.0197. The average molecular weight is 638 g/mol. The summed E-state index contributed by atoms with van der Waals surface area (Å²) in [7, 11) is 3.04. The smallest absolute Gasteiger partial charge is 0.271 e. The lowest BCUT2D eigenvalue weighted by molar-refractivity contribution is -0.122. The van der Waals surface area contributed by atoms with Crippen molar-refractivity contribution in [2.24, 2.45) is 0 Å². The molecule has 2 aromatic carbocycles. The molecule has 0 spiro atoms. The molecule has 0 unspecified atom stereocenters. The number of nitriles is 1. The Hall–Kier alpha value is -4.11. The monoisotopic (exact) mass is 637 g/mol. The SMILES string of the molecule is COc1ccc(CCn2c(O)c(C(=O)CCCN3C(=O)/C(=C/c4ccc(Cl)cc4)SC3=S)c(C)c(C#N)c2=O)cc1OC. The Kier molecular flexibility index (Phi) is 10.3. The molecular formula is C31H28ClN3O6S2. The topological polar surface area (TPSA) is 122 Å². The molecule has 0 saturated carbocycles. The first-order chi connectivity index (χ1) is 20.6. The van der Waals surface area contributed by atoms with Gasteiger partial charge in [0.1, 0.15) is 16.0 Å². The Morgan fingerprint density at radius 3 is 2.47 bits per heavy atom. The van der Waals surface area contributed by atoms with E-state index < -0.39 is 17.2 Å². The molecule has 222 valence electrons. The van der Waals surface area contributed by atoms with Gasteiger partial charge < -0.3 is 14.6 Å². The quantitative estimate of drug-likeness (QED) is 0.165. The van der Waals surface area contributed by atoms with Crippen molar-refractivity contribution in [1.82, 2.24) is 9.47 Å². The van der Waals surface area contributed by atoms with Gasteiger partial charge in [0.25, 0.3) is 11.5 Å². The van der Waals surface area contributed by atoms with Crippen molar-refractivity contribution in [2.75, 3.05) is 20.8 Å². The fourth-order valence-electron chi connectivity index (χ4n) is 4.70.